The molecule has 0 spiro atoms. The molecule has 1 unspecified atom stereocenters. The summed E-state index contributed by atoms with van der Waals surface area (Å²) in [6.45, 7) is 4.46. The Morgan fingerprint density at radius 2 is 2.17 bits per heavy atom. The van der Waals surface area contributed by atoms with Gasteiger partial charge in [0.1, 0.15) is 5.54 Å². The Hall–Kier alpha value is -1.14. The highest BCUT2D eigenvalue weighted by molar-refractivity contribution is 5.81. The van der Waals surface area contributed by atoms with Crippen LogP contribution in [0.3, 0.4) is 0 Å². The summed E-state index contributed by atoms with van der Waals surface area (Å²) in [5.74, 6) is -1.13. The van der Waals surface area contributed by atoms with Gasteiger partial charge in [-0.05, 0) is 33.7 Å². The third-order valence-electron chi connectivity index (χ3n) is 3.41. The molecular weight excluding hydrogens is 236 g/mol. The summed E-state index contributed by atoms with van der Waals surface area (Å²) in [6.07, 6.45) is 2.11. The van der Waals surface area contributed by atoms with Gasteiger partial charge in [0.2, 0.25) is 5.91 Å². The number of ether oxygens (including phenoxy) is 1. The Bertz CT molecular complexity index is 311. The van der Waals surface area contributed by atoms with Crippen LogP contribution in [0.4, 0.5) is 0 Å². The molecular formula is C12H22N2O4. The highest BCUT2D eigenvalue weighted by Gasteiger charge is 2.33. The average molecular weight is 258 g/mol. The quantitative estimate of drug-likeness (QED) is 0.705. The lowest BCUT2D eigenvalue weighted by atomic mass is 10.0. The van der Waals surface area contributed by atoms with Crippen LogP contribution in [0.5, 0.6) is 0 Å². The van der Waals surface area contributed by atoms with Crippen molar-refractivity contribution in [2.24, 2.45) is 0 Å². The van der Waals surface area contributed by atoms with Crippen molar-refractivity contribution in [1.29, 1.82) is 0 Å². The van der Waals surface area contributed by atoms with E-state index in [4.69, 9.17) is 9.84 Å². The van der Waals surface area contributed by atoms with Gasteiger partial charge in [-0.3, -0.25) is 14.5 Å². The minimum absolute atomic E-state index is 0.0615. The Kier molecular flexibility index (Phi) is 5.10. The Balaban J connectivity index is 2.32. The molecule has 0 aromatic rings. The molecule has 0 bridgehead atoms. The van der Waals surface area contributed by atoms with E-state index >= 15 is 0 Å². The fourth-order valence-electron chi connectivity index (χ4n) is 1.67. The number of nitrogens with zero attached hydrogens (tertiary/aromatic N) is 1. The van der Waals surface area contributed by atoms with E-state index in [-0.39, 0.29) is 18.6 Å². The summed E-state index contributed by atoms with van der Waals surface area (Å²) in [5, 5.41) is 11.8. The predicted molar refractivity (Wildman–Crippen MR) is 66.3 cm³/mol. The number of carbonyl (C=O) groups excluding carboxylic acids is 1. The van der Waals surface area contributed by atoms with E-state index in [2.05, 4.69) is 5.32 Å². The largest absolute Gasteiger partial charge is 0.480 e. The van der Waals surface area contributed by atoms with E-state index in [1.807, 2.05) is 0 Å². The first-order valence-electron chi connectivity index (χ1n) is 6.17. The van der Waals surface area contributed by atoms with Gasteiger partial charge in [-0.15, -0.1) is 0 Å². The number of rotatable bonds is 6. The van der Waals surface area contributed by atoms with Crippen LogP contribution in [0, 0.1) is 0 Å². The fraction of sp³-hybridized carbons (Fsp3) is 0.833. The number of carbonyl (C=O) groups is 2. The minimum atomic E-state index is -1.05. The van der Waals surface area contributed by atoms with Crippen molar-refractivity contribution < 1.29 is 19.4 Å². The Morgan fingerprint density at radius 3 is 2.67 bits per heavy atom. The maximum absolute atomic E-state index is 11.7. The molecule has 2 N–H and O–H groups in total. The molecule has 0 saturated carbocycles. The van der Waals surface area contributed by atoms with Crippen molar-refractivity contribution >= 4 is 11.9 Å². The summed E-state index contributed by atoms with van der Waals surface area (Å²) < 4.78 is 5.39. The monoisotopic (exact) mass is 258 g/mol. The second-order valence-electron chi connectivity index (χ2n) is 5.16. The zero-order chi connectivity index (χ0) is 13.8. The zero-order valence-electron chi connectivity index (χ0n) is 11.2. The number of likely N-dealkylation sites (N-methyl/N-ethyl adjacent to an activating group) is 1. The SMILES string of the molecule is CN(CC(=O)NCC1CCCO1)C(C)(C)C(=O)O. The van der Waals surface area contributed by atoms with Gasteiger partial charge in [-0.1, -0.05) is 0 Å². The molecule has 1 aliphatic heterocycles. The van der Waals surface area contributed by atoms with E-state index < -0.39 is 11.5 Å². The third kappa shape index (κ3) is 3.96. The van der Waals surface area contributed by atoms with Crippen LogP contribution < -0.4 is 5.32 Å². The second-order valence-corrected chi connectivity index (χ2v) is 5.16. The van der Waals surface area contributed by atoms with Crippen molar-refractivity contribution in [2.75, 3.05) is 26.7 Å². The molecule has 0 radical (unpaired) electrons. The predicted octanol–water partition coefficient (Wildman–Crippen LogP) is 0.0766. The molecule has 1 fully saturated rings. The Labute approximate surface area is 107 Å². The fourth-order valence-corrected chi connectivity index (χ4v) is 1.67. The van der Waals surface area contributed by atoms with Gasteiger partial charge in [0, 0.05) is 13.2 Å². The highest BCUT2D eigenvalue weighted by Crippen LogP contribution is 2.12. The van der Waals surface area contributed by atoms with E-state index in [1.54, 1.807) is 20.9 Å². The number of hydrogen-bond acceptors (Lipinski definition) is 4. The smallest absolute Gasteiger partial charge is 0.323 e. The number of aliphatic carboxylic acids is 1. The number of carboxylic acid groups (broad SMARTS) is 1. The first kappa shape index (κ1) is 14.9. The molecule has 6 heteroatoms. The molecule has 1 heterocycles. The molecule has 1 rings (SSSR count). The van der Waals surface area contributed by atoms with Gasteiger partial charge in [-0.2, -0.15) is 0 Å². The van der Waals surface area contributed by atoms with E-state index in [0.29, 0.717) is 6.54 Å². The molecule has 6 nitrogen and oxygen atoms in total. The van der Waals surface area contributed by atoms with Gasteiger partial charge in [0.25, 0.3) is 0 Å². The lowest BCUT2D eigenvalue weighted by Crippen LogP contribution is -2.51. The maximum Gasteiger partial charge on any atom is 0.323 e. The van der Waals surface area contributed by atoms with Gasteiger partial charge < -0.3 is 15.2 Å². The molecule has 1 aliphatic rings. The second kappa shape index (κ2) is 6.15. The van der Waals surface area contributed by atoms with Gasteiger partial charge in [0.05, 0.1) is 12.6 Å². The average Bonchev–Trinajstić information content (AvgIpc) is 2.78. The molecule has 1 atom stereocenters. The summed E-state index contributed by atoms with van der Waals surface area (Å²) in [6, 6.07) is 0. The van der Waals surface area contributed by atoms with Crippen molar-refractivity contribution in [3.63, 3.8) is 0 Å². The Morgan fingerprint density at radius 1 is 1.50 bits per heavy atom. The standard InChI is InChI=1S/C12H22N2O4/c1-12(2,11(16)17)14(3)8-10(15)13-7-9-5-4-6-18-9/h9H,4-8H2,1-3H3,(H,13,15)(H,16,17). The third-order valence-corrected chi connectivity index (χ3v) is 3.41. The van der Waals surface area contributed by atoms with E-state index in [9.17, 15) is 9.59 Å². The molecule has 104 valence electrons. The minimum Gasteiger partial charge on any atom is -0.480 e. The first-order chi connectivity index (χ1) is 8.34. The molecule has 1 saturated heterocycles. The molecule has 0 aliphatic carbocycles. The van der Waals surface area contributed by atoms with Crippen LogP contribution in [0.1, 0.15) is 26.7 Å². The van der Waals surface area contributed by atoms with Crippen molar-refractivity contribution in [3.8, 4) is 0 Å². The summed E-state index contributed by atoms with van der Waals surface area (Å²) in [5.41, 5.74) is -1.05. The van der Waals surface area contributed by atoms with Crippen molar-refractivity contribution in [3.05, 3.63) is 0 Å². The maximum atomic E-state index is 11.7. The van der Waals surface area contributed by atoms with Crippen LogP contribution in [0.25, 0.3) is 0 Å². The molecule has 1 amide bonds. The number of nitrogens with one attached hydrogen (secondary N) is 1. The van der Waals surface area contributed by atoms with Gasteiger partial charge in [-0.25, -0.2) is 0 Å². The first-order valence-corrected chi connectivity index (χ1v) is 6.17. The topological polar surface area (TPSA) is 78.9 Å². The lowest BCUT2D eigenvalue weighted by Gasteiger charge is -2.30. The highest BCUT2D eigenvalue weighted by atomic mass is 16.5. The van der Waals surface area contributed by atoms with Crippen LogP contribution in [-0.2, 0) is 14.3 Å². The van der Waals surface area contributed by atoms with Crippen LogP contribution in [0.15, 0.2) is 0 Å². The number of amides is 1. The van der Waals surface area contributed by atoms with Crippen LogP contribution in [0.2, 0.25) is 0 Å². The summed E-state index contributed by atoms with van der Waals surface area (Å²) in [7, 11) is 1.62. The summed E-state index contributed by atoms with van der Waals surface area (Å²) >= 11 is 0. The van der Waals surface area contributed by atoms with Crippen LogP contribution >= 0.6 is 0 Å². The van der Waals surface area contributed by atoms with E-state index in [0.717, 1.165) is 19.4 Å². The summed E-state index contributed by atoms with van der Waals surface area (Å²) in [4.78, 5) is 24.2. The molecule has 0 aromatic heterocycles. The van der Waals surface area contributed by atoms with Crippen LogP contribution in [-0.4, -0.2) is 60.3 Å². The number of carboxylic acids is 1. The normalized spacial score (nSPS) is 20.1. The molecule has 18 heavy (non-hydrogen) atoms. The van der Waals surface area contributed by atoms with Crippen molar-refractivity contribution in [2.45, 2.75) is 38.3 Å². The lowest BCUT2D eigenvalue weighted by molar-refractivity contribution is -0.149. The number of hydrogen-bond donors (Lipinski definition) is 2. The zero-order valence-corrected chi connectivity index (χ0v) is 11.2. The van der Waals surface area contributed by atoms with Crippen molar-refractivity contribution in [1.82, 2.24) is 10.2 Å². The van der Waals surface area contributed by atoms with Gasteiger partial charge in [0.15, 0.2) is 0 Å². The van der Waals surface area contributed by atoms with Gasteiger partial charge >= 0.3 is 5.97 Å². The molecule has 0 aromatic carbocycles. The van der Waals surface area contributed by atoms with E-state index in [1.165, 1.54) is 4.90 Å².